The number of hydrogen-bond donors (Lipinski definition) is 2. The highest BCUT2D eigenvalue weighted by molar-refractivity contribution is 6.05. The Morgan fingerprint density at radius 3 is 2.29 bits per heavy atom. The zero-order chi connectivity index (χ0) is 41.6. The molecule has 0 saturated carbocycles. The lowest BCUT2D eigenvalue weighted by atomic mass is 9.59. The number of aryl methyl sites for hydroxylation is 1. The molecule has 0 amide bonds. The molecule has 6 aromatic rings. The van der Waals surface area contributed by atoms with E-state index in [1.807, 2.05) is 75.4 Å². The summed E-state index contributed by atoms with van der Waals surface area (Å²) in [6, 6.07) is 44.6. The highest BCUT2D eigenvalue weighted by atomic mass is 14.9. The second-order valence-electron chi connectivity index (χ2n) is 14.9. The van der Waals surface area contributed by atoms with Crippen molar-refractivity contribution in [2.45, 2.75) is 52.4 Å². The van der Waals surface area contributed by atoms with Gasteiger partial charge in [0.25, 0.3) is 0 Å². The highest BCUT2D eigenvalue weighted by Gasteiger charge is 2.43. The number of para-hydroxylation sites is 2. The number of allylic oxidation sites excluding steroid dienone is 9. The average molecular weight is 769 g/mol. The number of nitrogen functional groups attached to an aromatic ring is 1. The van der Waals surface area contributed by atoms with Gasteiger partial charge in [-0.25, -0.2) is 0 Å². The summed E-state index contributed by atoms with van der Waals surface area (Å²) in [5.41, 5.74) is 22.7. The molecule has 0 fully saturated rings. The molecule has 294 valence electrons. The van der Waals surface area contributed by atoms with Crippen LogP contribution in [0.5, 0.6) is 0 Å². The fraction of sp³-hybridized carbons (Fsp3) is 0.158. The molecule has 3 aliphatic rings. The SMILES string of the molecule is C#C/C=C\C=C/CNc1ccccc1N.C/C=C\C.C=CC.Cc1ccc2c(c1)CC(c1ccccc1)(c1cc3c4c5c(cccc15)CC=C4CC=C3)c1ccccc1-2. The number of rotatable bonds is 6. The zero-order valence-corrected chi connectivity index (χ0v) is 35.0. The van der Waals surface area contributed by atoms with Crippen LogP contribution in [0.1, 0.15) is 71.7 Å². The van der Waals surface area contributed by atoms with E-state index in [4.69, 9.17) is 12.2 Å². The Bertz CT molecular complexity index is 2600. The first-order chi connectivity index (χ1) is 28.9. The predicted octanol–water partition coefficient (Wildman–Crippen LogP) is 14.3. The minimum absolute atomic E-state index is 0.279. The standard InChI is InChI=1S/C37H28.C13H14N2.C4H8.C3H6/c1-24-17-20-30-28(21-24)23-37(29-12-3-2-4-13-29,33-16-6-5-14-31(30)33)34-22-27-11-7-9-25-18-19-26-10-8-15-32(34)36(26)35(25)27;1-2-3-4-5-8-11-15-13-10-7-6-9-12(13)14;1-3-4-2;1-3-2/h2-8,10-18,20-22H,9,19,23H2,1H3;1,3-10,15H,11,14H2;3-4H,1-2H3;3H,1H2,2H3/b;4-3-,8-5-;4-3-;. The number of nitrogens with two attached hydrogens (primary N) is 1. The molecule has 3 N–H and O–H groups in total. The van der Waals surface area contributed by atoms with Crippen molar-refractivity contribution >= 4 is 33.8 Å². The van der Waals surface area contributed by atoms with E-state index in [1.165, 1.54) is 72.0 Å². The third-order valence-corrected chi connectivity index (χ3v) is 11.1. The van der Waals surface area contributed by atoms with Gasteiger partial charge in [-0.1, -0.05) is 169 Å². The van der Waals surface area contributed by atoms with Gasteiger partial charge in [0, 0.05) is 6.54 Å². The fourth-order valence-corrected chi connectivity index (χ4v) is 8.47. The molecule has 0 heterocycles. The van der Waals surface area contributed by atoms with Gasteiger partial charge in [0.05, 0.1) is 16.8 Å². The largest absolute Gasteiger partial charge is 0.397 e. The van der Waals surface area contributed by atoms with E-state index in [0.717, 1.165) is 37.2 Å². The van der Waals surface area contributed by atoms with Crippen LogP contribution in [-0.4, -0.2) is 6.54 Å². The molecule has 2 nitrogen and oxygen atoms in total. The van der Waals surface area contributed by atoms with Crippen LogP contribution >= 0.6 is 0 Å². The van der Waals surface area contributed by atoms with Gasteiger partial charge in [0.15, 0.2) is 0 Å². The zero-order valence-electron chi connectivity index (χ0n) is 35.0. The quantitative estimate of drug-likeness (QED) is 0.0766. The molecule has 0 radical (unpaired) electrons. The van der Waals surface area contributed by atoms with Crippen LogP contribution in [0.25, 0.3) is 33.5 Å². The first-order valence-electron chi connectivity index (χ1n) is 20.6. The predicted molar refractivity (Wildman–Crippen MR) is 259 cm³/mol. The molecule has 2 heteroatoms. The second-order valence-corrected chi connectivity index (χ2v) is 14.9. The second kappa shape index (κ2) is 20.0. The van der Waals surface area contributed by atoms with E-state index in [9.17, 15) is 0 Å². The van der Waals surface area contributed by atoms with E-state index < -0.39 is 0 Å². The summed E-state index contributed by atoms with van der Waals surface area (Å²) in [6.07, 6.45) is 28.3. The summed E-state index contributed by atoms with van der Waals surface area (Å²) < 4.78 is 0. The summed E-state index contributed by atoms with van der Waals surface area (Å²) in [5, 5.41) is 6.07. The van der Waals surface area contributed by atoms with Crippen LogP contribution in [0.4, 0.5) is 11.4 Å². The van der Waals surface area contributed by atoms with Crippen LogP contribution < -0.4 is 11.1 Å². The van der Waals surface area contributed by atoms with Crippen LogP contribution in [0.15, 0.2) is 183 Å². The van der Waals surface area contributed by atoms with Gasteiger partial charge in [-0.3, -0.25) is 0 Å². The van der Waals surface area contributed by atoms with Crippen molar-refractivity contribution in [2.75, 3.05) is 17.6 Å². The summed E-state index contributed by atoms with van der Waals surface area (Å²) in [6.45, 7) is 12.2. The van der Waals surface area contributed by atoms with Gasteiger partial charge < -0.3 is 11.1 Å². The molecule has 3 aliphatic carbocycles. The third kappa shape index (κ3) is 9.02. The highest BCUT2D eigenvalue weighted by Crippen LogP contribution is 2.54. The fourth-order valence-electron chi connectivity index (χ4n) is 8.47. The maximum atomic E-state index is 5.76. The van der Waals surface area contributed by atoms with Gasteiger partial charge in [0.1, 0.15) is 0 Å². The minimum atomic E-state index is -0.279. The third-order valence-electron chi connectivity index (χ3n) is 11.1. The summed E-state index contributed by atoms with van der Waals surface area (Å²) in [4.78, 5) is 0. The van der Waals surface area contributed by atoms with Crippen molar-refractivity contribution in [1.29, 1.82) is 0 Å². The van der Waals surface area contributed by atoms with E-state index >= 15 is 0 Å². The Labute approximate surface area is 352 Å². The van der Waals surface area contributed by atoms with Crippen LogP contribution in [0.3, 0.4) is 0 Å². The Balaban J connectivity index is 0.000000222. The Hall–Kier alpha value is -6.82. The molecule has 0 spiro atoms. The molecule has 1 atom stereocenters. The normalized spacial score (nSPS) is 15.3. The lowest BCUT2D eigenvalue weighted by molar-refractivity contribution is 0.611. The van der Waals surface area contributed by atoms with Crippen molar-refractivity contribution in [3.05, 3.63) is 227 Å². The summed E-state index contributed by atoms with van der Waals surface area (Å²) >= 11 is 0. The first kappa shape index (κ1) is 41.8. The van der Waals surface area contributed by atoms with Crippen molar-refractivity contribution < 1.29 is 0 Å². The van der Waals surface area contributed by atoms with Gasteiger partial charge in [-0.15, -0.1) is 13.0 Å². The topological polar surface area (TPSA) is 38.0 Å². The number of benzene rings is 6. The van der Waals surface area contributed by atoms with Crippen molar-refractivity contribution in [3.63, 3.8) is 0 Å². The maximum absolute atomic E-state index is 5.76. The van der Waals surface area contributed by atoms with E-state index in [1.54, 1.807) is 12.2 Å². The van der Waals surface area contributed by atoms with E-state index in [-0.39, 0.29) is 5.41 Å². The van der Waals surface area contributed by atoms with Gasteiger partial charge >= 0.3 is 0 Å². The van der Waals surface area contributed by atoms with Gasteiger partial charge in [-0.05, 0) is 138 Å². The molecule has 1 unspecified atom stereocenters. The van der Waals surface area contributed by atoms with Crippen molar-refractivity contribution in [3.8, 4) is 23.5 Å². The Morgan fingerprint density at radius 2 is 1.53 bits per heavy atom. The van der Waals surface area contributed by atoms with Crippen molar-refractivity contribution in [1.82, 2.24) is 0 Å². The van der Waals surface area contributed by atoms with Crippen LogP contribution in [-0.2, 0) is 18.3 Å². The molecule has 0 aromatic heterocycles. The van der Waals surface area contributed by atoms with Crippen LogP contribution in [0, 0.1) is 19.3 Å². The number of terminal acetylenes is 1. The molecule has 59 heavy (non-hydrogen) atoms. The number of nitrogens with one attached hydrogen (secondary N) is 1. The average Bonchev–Trinajstić information content (AvgIpc) is 3.27. The van der Waals surface area contributed by atoms with E-state index in [2.05, 4.69) is 140 Å². The molecule has 6 aromatic carbocycles. The Morgan fingerprint density at radius 1 is 0.780 bits per heavy atom. The molecular weight excluding hydrogens is 713 g/mol. The van der Waals surface area contributed by atoms with Gasteiger partial charge in [0.2, 0.25) is 0 Å². The number of fused-ring (bicyclic) bond motifs is 3. The lowest BCUT2D eigenvalue weighted by Gasteiger charge is -2.43. The molecule has 0 bridgehead atoms. The minimum Gasteiger partial charge on any atom is -0.397 e. The lowest BCUT2D eigenvalue weighted by Crippen LogP contribution is -2.36. The van der Waals surface area contributed by atoms with E-state index in [0.29, 0.717) is 0 Å². The summed E-state index contributed by atoms with van der Waals surface area (Å²) in [5.74, 6) is 2.41. The molecule has 0 saturated heterocycles. The monoisotopic (exact) mass is 768 g/mol. The number of anilines is 2. The van der Waals surface area contributed by atoms with Crippen LogP contribution in [0.2, 0.25) is 0 Å². The summed E-state index contributed by atoms with van der Waals surface area (Å²) in [7, 11) is 0. The smallest absolute Gasteiger partial charge is 0.0576 e. The molecule has 0 aliphatic heterocycles. The number of hydrogen-bond acceptors (Lipinski definition) is 2. The van der Waals surface area contributed by atoms with Crippen molar-refractivity contribution in [2.24, 2.45) is 0 Å². The maximum Gasteiger partial charge on any atom is 0.0576 e. The molecular formula is C57H56N2. The Kier molecular flexibility index (Phi) is 14.2. The molecule has 9 rings (SSSR count). The van der Waals surface area contributed by atoms with Gasteiger partial charge in [-0.2, -0.15) is 0 Å². The first-order valence-corrected chi connectivity index (χ1v) is 20.6.